The largest absolute Gasteiger partial charge is 0.343 e. The highest BCUT2D eigenvalue weighted by Crippen LogP contribution is 2.18. The van der Waals surface area contributed by atoms with Crippen molar-refractivity contribution in [2.75, 3.05) is 20.1 Å². The van der Waals surface area contributed by atoms with Gasteiger partial charge in [0.15, 0.2) is 0 Å². The highest BCUT2D eigenvalue weighted by Gasteiger charge is 2.10. The number of aryl methyl sites for hydroxylation is 4. The minimum absolute atomic E-state index is 0.0457. The SMILES string of the molecule is Cc1nc(C)n(CCCNC(=O)N(C)CCn2c(C)cc3ccccc32)n1. The minimum atomic E-state index is -0.0457. The van der Waals surface area contributed by atoms with Crippen LogP contribution in [0.4, 0.5) is 4.79 Å². The number of hydrogen-bond acceptors (Lipinski definition) is 3. The van der Waals surface area contributed by atoms with E-state index in [1.165, 1.54) is 16.6 Å². The first-order chi connectivity index (χ1) is 13.0. The lowest BCUT2D eigenvalue weighted by Gasteiger charge is -2.19. The monoisotopic (exact) mass is 368 g/mol. The number of carbonyl (C=O) groups is 1. The van der Waals surface area contributed by atoms with Crippen molar-refractivity contribution < 1.29 is 4.79 Å². The molecule has 0 saturated carbocycles. The number of aromatic nitrogens is 4. The van der Waals surface area contributed by atoms with Gasteiger partial charge >= 0.3 is 6.03 Å². The highest BCUT2D eigenvalue weighted by atomic mass is 16.2. The average molecular weight is 368 g/mol. The van der Waals surface area contributed by atoms with E-state index in [0.717, 1.165) is 31.2 Å². The van der Waals surface area contributed by atoms with Crippen molar-refractivity contribution in [1.29, 1.82) is 0 Å². The third kappa shape index (κ3) is 4.48. The molecule has 27 heavy (non-hydrogen) atoms. The van der Waals surface area contributed by atoms with Crippen LogP contribution in [0.2, 0.25) is 0 Å². The third-order valence-corrected chi connectivity index (χ3v) is 4.81. The molecule has 0 atom stereocenters. The van der Waals surface area contributed by atoms with E-state index >= 15 is 0 Å². The second-order valence-electron chi connectivity index (χ2n) is 6.93. The Morgan fingerprint density at radius 2 is 1.96 bits per heavy atom. The second-order valence-corrected chi connectivity index (χ2v) is 6.93. The molecule has 3 aromatic rings. The predicted molar refractivity (Wildman–Crippen MR) is 107 cm³/mol. The van der Waals surface area contributed by atoms with Crippen LogP contribution in [0.5, 0.6) is 0 Å². The Balaban J connectivity index is 1.45. The predicted octanol–water partition coefficient (Wildman–Crippen LogP) is 2.89. The van der Waals surface area contributed by atoms with Crippen molar-refractivity contribution in [3.05, 3.63) is 47.7 Å². The summed E-state index contributed by atoms with van der Waals surface area (Å²) in [5.74, 6) is 1.69. The topological polar surface area (TPSA) is 68.0 Å². The van der Waals surface area contributed by atoms with E-state index in [1.807, 2.05) is 37.7 Å². The first kappa shape index (κ1) is 18.9. The molecule has 0 aliphatic heterocycles. The van der Waals surface area contributed by atoms with Gasteiger partial charge in [-0.1, -0.05) is 18.2 Å². The number of fused-ring (bicyclic) bond motifs is 1. The summed E-state index contributed by atoms with van der Waals surface area (Å²) in [7, 11) is 1.83. The van der Waals surface area contributed by atoms with E-state index in [2.05, 4.69) is 45.1 Å². The summed E-state index contributed by atoms with van der Waals surface area (Å²) in [6.45, 7) is 8.74. The lowest BCUT2D eigenvalue weighted by molar-refractivity contribution is 0.207. The summed E-state index contributed by atoms with van der Waals surface area (Å²) in [5, 5.41) is 8.55. The van der Waals surface area contributed by atoms with Crippen LogP contribution in [0.1, 0.15) is 23.8 Å². The summed E-state index contributed by atoms with van der Waals surface area (Å²) in [6.07, 6.45) is 0.824. The van der Waals surface area contributed by atoms with Gasteiger partial charge in [-0.05, 0) is 44.7 Å². The van der Waals surface area contributed by atoms with Gasteiger partial charge < -0.3 is 14.8 Å². The Labute approximate surface area is 160 Å². The summed E-state index contributed by atoms with van der Waals surface area (Å²) < 4.78 is 4.14. The third-order valence-electron chi connectivity index (χ3n) is 4.81. The molecule has 0 unspecified atom stereocenters. The number of hydrogen-bond donors (Lipinski definition) is 1. The van der Waals surface area contributed by atoms with Gasteiger partial charge in [-0.25, -0.2) is 9.78 Å². The van der Waals surface area contributed by atoms with Gasteiger partial charge in [0.05, 0.1) is 0 Å². The maximum Gasteiger partial charge on any atom is 0.317 e. The average Bonchev–Trinajstić information content (AvgIpc) is 3.13. The molecule has 0 fully saturated rings. The number of rotatable bonds is 7. The van der Waals surface area contributed by atoms with Crippen LogP contribution < -0.4 is 5.32 Å². The molecule has 2 heterocycles. The van der Waals surface area contributed by atoms with Gasteiger partial charge in [0.1, 0.15) is 11.6 Å². The molecular formula is C20H28N6O. The van der Waals surface area contributed by atoms with Crippen molar-refractivity contribution in [2.45, 2.75) is 40.3 Å². The molecule has 144 valence electrons. The molecule has 0 radical (unpaired) electrons. The normalized spacial score (nSPS) is 11.1. The van der Waals surface area contributed by atoms with Gasteiger partial charge in [0.25, 0.3) is 0 Å². The standard InChI is InChI=1S/C20H28N6O/c1-15-14-18-8-5-6-9-19(18)25(15)13-12-24(4)20(27)21-10-7-11-26-17(3)22-16(2)23-26/h5-6,8-9,14H,7,10-13H2,1-4H3,(H,21,27). The van der Waals surface area contributed by atoms with Crippen LogP contribution >= 0.6 is 0 Å². The fraction of sp³-hybridized carbons (Fsp3) is 0.450. The first-order valence-electron chi connectivity index (χ1n) is 9.37. The van der Waals surface area contributed by atoms with Gasteiger partial charge in [-0.2, -0.15) is 5.10 Å². The molecule has 0 aliphatic rings. The van der Waals surface area contributed by atoms with Gasteiger partial charge in [-0.15, -0.1) is 0 Å². The van der Waals surface area contributed by atoms with Crippen molar-refractivity contribution in [3.63, 3.8) is 0 Å². The second kappa shape index (κ2) is 8.24. The van der Waals surface area contributed by atoms with Crippen molar-refractivity contribution >= 4 is 16.9 Å². The van der Waals surface area contributed by atoms with Crippen LogP contribution in [0.25, 0.3) is 10.9 Å². The van der Waals surface area contributed by atoms with Crippen molar-refractivity contribution in [1.82, 2.24) is 29.5 Å². The highest BCUT2D eigenvalue weighted by molar-refractivity contribution is 5.81. The molecule has 1 N–H and O–H groups in total. The zero-order valence-corrected chi connectivity index (χ0v) is 16.6. The first-order valence-corrected chi connectivity index (χ1v) is 9.37. The van der Waals surface area contributed by atoms with Crippen molar-refractivity contribution in [3.8, 4) is 0 Å². The molecular weight excluding hydrogens is 340 g/mol. The number of benzene rings is 1. The van der Waals surface area contributed by atoms with E-state index in [4.69, 9.17) is 0 Å². The van der Waals surface area contributed by atoms with E-state index < -0.39 is 0 Å². The quantitative estimate of drug-likeness (QED) is 0.652. The van der Waals surface area contributed by atoms with Crippen LogP contribution in [-0.4, -0.2) is 50.4 Å². The summed E-state index contributed by atoms with van der Waals surface area (Å²) in [5.41, 5.74) is 2.42. The Kier molecular flexibility index (Phi) is 5.78. The number of nitrogens with zero attached hydrogens (tertiary/aromatic N) is 5. The Morgan fingerprint density at radius 1 is 1.19 bits per heavy atom. The number of carbonyl (C=O) groups excluding carboxylic acids is 1. The lowest BCUT2D eigenvalue weighted by Crippen LogP contribution is -2.39. The molecule has 7 nitrogen and oxygen atoms in total. The zero-order valence-electron chi connectivity index (χ0n) is 16.6. The zero-order chi connectivity index (χ0) is 19.4. The lowest BCUT2D eigenvalue weighted by atomic mass is 10.2. The smallest absolute Gasteiger partial charge is 0.317 e. The maximum absolute atomic E-state index is 12.3. The van der Waals surface area contributed by atoms with Crippen LogP contribution in [0.3, 0.4) is 0 Å². The molecule has 3 rings (SSSR count). The molecule has 0 bridgehead atoms. The van der Waals surface area contributed by atoms with E-state index in [0.29, 0.717) is 13.1 Å². The van der Waals surface area contributed by atoms with Crippen LogP contribution in [-0.2, 0) is 13.1 Å². The molecule has 0 aliphatic carbocycles. The van der Waals surface area contributed by atoms with E-state index in [-0.39, 0.29) is 6.03 Å². The van der Waals surface area contributed by atoms with Crippen LogP contribution in [0, 0.1) is 20.8 Å². The fourth-order valence-electron chi connectivity index (χ4n) is 3.33. The Morgan fingerprint density at radius 3 is 2.70 bits per heavy atom. The Hall–Kier alpha value is -2.83. The number of para-hydroxylation sites is 1. The van der Waals surface area contributed by atoms with Gasteiger partial charge in [-0.3, -0.25) is 4.68 Å². The van der Waals surface area contributed by atoms with Gasteiger partial charge in [0.2, 0.25) is 0 Å². The number of urea groups is 1. The number of amides is 2. The molecule has 7 heteroatoms. The van der Waals surface area contributed by atoms with Gasteiger partial charge in [0, 0.05) is 44.4 Å². The molecule has 2 aromatic heterocycles. The summed E-state index contributed by atoms with van der Waals surface area (Å²) >= 11 is 0. The van der Waals surface area contributed by atoms with E-state index in [1.54, 1.807) is 4.90 Å². The summed E-state index contributed by atoms with van der Waals surface area (Å²) in [6, 6.07) is 10.5. The maximum atomic E-state index is 12.3. The molecule has 0 spiro atoms. The number of nitrogens with one attached hydrogen (secondary N) is 1. The Bertz CT molecular complexity index is 926. The van der Waals surface area contributed by atoms with Crippen LogP contribution in [0.15, 0.2) is 30.3 Å². The minimum Gasteiger partial charge on any atom is -0.343 e. The number of likely N-dealkylation sites (N-methyl/N-ethyl adjacent to an activating group) is 1. The molecule has 2 amide bonds. The summed E-state index contributed by atoms with van der Waals surface area (Å²) in [4.78, 5) is 18.3. The fourth-order valence-corrected chi connectivity index (χ4v) is 3.33. The molecule has 0 saturated heterocycles. The van der Waals surface area contributed by atoms with E-state index in [9.17, 15) is 4.79 Å². The van der Waals surface area contributed by atoms with Crippen molar-refractivity contribution in [2.24, 2.45) is 0 Å². The molecule has 1 aromatic carbocycles.